The molecule has 2 heterocycles. The zero-order chi connectivity index (χ0) is 11.8. The Hall–Kier alpha value is -1.46. The molecule has 17 heavy (non-hydrogen) atoms. The van der Waals surface area contributed by atoms with Crippen LogP contribution in [0.3, 0.4) is 0 Å². The van der Waals surface area contributed by atoms with E-state index in [4.69, 9.17) is 0 Å². The fourth-order valence-corrected chi connectivity index (χ4v) is 2.52. The second-order valence-electron chi connectivity index (χ2n) is 4.41. The summed E-state index contributed by atoms with van der Waals surface area (Å²) in [5.74, 6) is -0.340. The van der Waals surface area contributed by atoms with Crippen LogP contribution in [0.5, 0.6) is 0 Å². The first kappa shape index (κ1) is 10.7. The Labute approximate surface area is 98.8 Å². The van der Waals surface area contributed by atoms with Crippen LogP contribution in [-0.2, 0) is 4.79 Å². The van der Waals surface area contributed by atoms with Gasteiger partial charge in [0.15, 0.2) is 0 Å². The first-order valence-electron chi connectivity index (χ1n) is 5.81. The number of piperazine rings is 1. The van der Waals surface area contributed by atoms with Crippen molar-refractivity contribution in [2.75, 3.05) is 31.5 Å². The van der Waals surface area contributed by atoms with Crippen LogP contribution in [0.1, 0.15) is 11.6 Å². The number of rotatable bonds is 1. The third kappa shape index (κ3) is 1.81. The maximum Gasteiger partial charge on any atom is 0.246 e. The normalized spacial score (nSPS) is 24.5. The van der Waals surface area contributed by atoms with E-state index in [1.54, 1.807) is 6.07 Å². The van der Waals surface area contributed by atoms with Crippen molar-refractivity contribution in [3.8, 4) is 0 Å². The van der Waals surface area contributed by atoms with E-state index in [-0.39, 0.29) is 17.8 Å². The number of hydrogen-bond donors (Lipinski definition) is 2. The van der Waals surface area contributed by atoms with Crippen LogP contribution >= 0.6 is 0 Å². The smallest absolute Gasteiger partial charge is 0.246 e. The number of carbonyl (C=O) groups is 1. The molecule has 1 aromatic carbocycles. The number of hydrogen-bond acceptors (Lipinski definition) is 3. The highest BCUT2D eigenvalue weighted by atomic mass is 19.1. The van der Waals surface area contributed by atoms with E-state index in [0.29, 0.717) is 0 Å². The summed E-state index contributed by atoms with van der Waals surface area (Å²) in [5.41, 5.74) is 1.50. The topological polar surface area (TPSA) is 44.4 Å². The standard InChI is InChI=1S/C12H14FN3O/c13-8-1-2-10-9(7-8)11(12(17)15-10)16-5-3-14-4-6-16/h1-2,7,11,14H,3-6H2,(H,15,17). The maximum absolute atomic E-state index is 13.3. The molecule has 3 rings (SSSR count). The number of nitrogens with one attached hydrogen (secondary N) is 2. The Kier molecular flexibility index (Phi) is 2.57. The van der Waals surface area contributed by atoms with Gasteiger partial charge in [-0.25, -0.2) is 4.39 Å². The van der Waals surface area contributed by atoms with Gasteiger partial charge in [0, 0.05) is 37.4 Å². The highest BCUT2D eigenvalue weighted by Gasteiger charge is 2.35. The fraction of sp³-hybridized carbons (Fsp3) is 0.417. The largest absolute Gasteiger partial charge is 0.324 e. The van der Waals surface area contributed by atoms with Crippen LogP contribution in [0.15, 0.2) is 18.2 Å². The minimum Gasteiger partial charge on any atom is -0.324 e. The predicted octanol–water partition coefficient (Wildman–Crippen LogP) is 0.724. The maximum atomic E-state index is 13.3. The molecule has 0 radical (unpaired) electrons. The molecular formula is C12H14FN3O. The zero-order valence-corrected chi connectivity index (χ0v) is 9.37. The highest BCUT2D eigenvalue weighted by Crippen LogP contribution is 2.35. The van der Waals surface area contributed by atoms with Gasteiger partial charge >= 0.3 is 0 Å². The summed E-state index contributed by atoms with van der Waals surface area (Å²) in [6.45, 7) is 3.37. The van der Waals surface area contributed by atoms with E-state index in [0.717, 1.165) is 37.4 Å². The summed E-state index contributed by atoms with van der Waals surface area (Å²) in [6.07, 6.45) is 0. The molecule has 1 unspecified atom stereocenters. The lowest BCUT2D eigenvalue weighted by Crippen LogP contribution is -2.46. The Morgan fingerprint density at radius 1 is 1.29 bits per heavy atom. The molecule has 1 saturated heterocycles. The van der Waals surface area contributed by atoms with Crippen molar-refractivity contribution in [3.05, 3.63) is 29.6 Å². The Morgan fingerprint density at radius 3 is 2.82 bits per heavy atom. The highest BCUT2D eigenvalue weighted by molar-refractivity contribution is 6.02. The second kappa shape index (κ2) is 4.09. The van der Waals surface area contributed by atoms with Gasteiger partial charge in [-0.05, 0) is 18.2 Å². The number of amides is 1. The van der Waals surface area contributed by atoms with E-state index in [9.17, 15) is 9.18 Å². The molecule has 2 aliphatic rings. The summed E-state index contributed by atoms with van der Waals surface area (Å²) in [7, 11) is 0. The summed E-state index contributed by atoms with van der Waals surface area (Å²) >= 11 is 0. The molecule has 1 amide bonds. The average molecular weight is 235 g/mol. The Balaban J connectivity index is 1.95. The molecule has 0 aromatic heterocycles. The van der Waals surface area contributed by atoms with Crippen LogP contribution in [0.2, 0.25) is 0 Å². The van der Waals surface area contributed by atoms with Gasteiger partial charge in [-0.15, -0.1) is 0 Å². The Morgan fingerprint density at radius 2 is 2.06 bits per heavy atom. The van der Waals surface area contributed by atoms with Gasteiger partial charge in [0.2, 0.25) is 5.91 Å². The van der Waals surface area contributed by atoms with Crippen molar-refractivity contribution in [2.45, 2.75) is 6.04 Å². The molecule has 1 aromatic rings. The quantitative estimate of drug-likeness (QED) is 0.754. The van der Waals surface area contributed by atoms with Gasteiger partial charge in [0.05, 0.1) is 0 Å². The number of halogens is 1. The second-order valence-corrected chi connectivity index (χ2v) is 4.41. The van der Waals surface area contributed by atoms with E-state index in [2.05, 4.69) is 15.5 Å². The average Bonchev–Trinajstić information content (AvgIpc) is 2.65. The molecule has 90 valence electrons. The molecule has 2 aliphatic heterocycles. The van der Waals surface area contributed by atoms with E-state index in [1.165, 1.54) is 12.1 Å². The van der Waals surface area contributed by atoms with Crippen molar-refractivity contribution in [1.82, 2.24) is 10.2 Å². The molecule has 5 heteroatoms. The van der Waals surface area contributed by atoms with Crippen LogP contribution < -0.4 is 10.6 Å². The van der Waals surface area contributed by atoms with Gasteiger partial charge in [0.25, 0.3) is 0 Å². The monoisotopic (exact) mass is 235 g/mol. The molecule has 0 aliphatic carbocycles. The molecule has 0 spiro atoms. The minimum absolute atomic E-state index is 0.0486. The van der Waals surface area contributed by atoms with Gasteiger partial charge < -0.3 is 10.6 Å². The summed E-state index contributed by atoms with van der Waals surface area (Å²) < 4.78 is 13.3. The molecule has 4 nitrogen and oxygen atoms in total. The van der Waals surface area contributed by atoms with Gasteiger partial charge in [0.1, 0.15) is 11.9 Å². The number of benzene rings is 1. The third-order valence-electron chi connectivity index (χ3n) is 3.33. The van der Waals surface area contributed by atoms with Crippen LogP contribution in [0.4, 0.5) is 10.1 Å². The molecule has 1 fully saturated rings. The van der Waals surface area contributed by atoms with Crippen molar-refractivity contribution in [3.63, 3.8) is 0 Å². The lowest BCUT2D eigenvalue weighted by Gasteiger charge is -2.31. The predicted molar refractivity (Wildman–Crippen MR) is 62.2 cm³/mol. The van der Waals surface area contributed by atoms with Crippen molar-refractivity contribution < 1.29 is 9.18 Å². The fourth-order valence-electron chi connectivity index (χ4n) is 2.52. The van der Waals surface area contributed by atoms with Crippen LogP contribution in [0, 0.1) is 5.82 Å². The molecule has 2 N–H and O–H groups in total. The van der Waals surface area contributed by atoms with Crippen molar-refractivity contribution >= 4 is 11.6 Å². The molecule has 1 atom stereocenters. The lowest BCUT2D eigenvalue weighted by molar-refractivity contribution is -0.121. The SMILES string of the molecule is O=C1Nc2ccc(F)cc2C1N1CCNCC1. The van der Waals surface area contributed by atoms with Gasteiger partial charge in [-0.2, -0.15) is 0 Å². The first-order chi connectivity index (χ1) is 8.25. The van der Waals surface area contributed by atoms with Gasteiger partial charge in [-0.1, -0.05) is 0 Å². The van der Waals surface area contributed by atoms with Gasteiger partial charge in [-0.3, -0.25) is 9.69 Å². The summed E-state index contributed by atoms with van der Waals surface area (Å²) in [6, 6.07) is 4.13. The first-order valence-corrected chi connectivity index (χ1v) is 5.81. The van der Waals surface area contributed by atoms with Crippen LogP contribution in [0.25, 0.3) is 0 Å². The van der Waals surface area contributed by atoms with Crippen molar-refractivity contribution in [1.29, 1.82) is 0 Å². The summed E-state index contributed by atoms with van der Waals surface area (Å²) in [5, 5.41) is 6.05. The molecular weight excluding hydrogens is 221 g/mol. The number of fused-ring (bicyclic) bond motifs is 1. The van der Waals surface area contributed by atoms with E-state index in [1.807, 2.05) is 0 Å². The third-order valence-corrected chi connectivity index (χ3v) is 3.33. The van der Waals surface area contributed by atoms with E-state index < -0.39 is 0 Å². The van der Waals surface area contributed by atoms with Crippen LogP contribution in [-0.4, -0.2) is 37.0 Å². The number of anilines is 1. The molecule has 0 bridgehead atoms. The number of carbonyl (C=O) groups excluding carboxylic acids is 1. The minimum atomic E-state index is -0.331. The summed E-state index contributed by atoms with van der Waals surface area (Å²) in [4.78, 5) is 14.0. The zero-order valence-electron chi connectivity index (χ0n) is 9.37. The number of nitrogens with zero attached hydrogens (tertiary/aromatic N) is 1. The van der Waals surface area contributed by atoms with E-state index >= 15 is 0 Å². The van der Waals surface area contributed by atoms with Crippen molar-refractivity contribution in [2.24, 2.45) is 0 Å². The lowest BCUT2D eigenvalue weighted by atomic mass is 10.1. The Bertz CT molecular complexity index is 457. The molecule has 0 saturated carbocycles.